The molecular weight excluding hydrogens is 244 g/mol. The van der Waals surface area contributed by atoms with Crippen molar-refractivity contribution in [1.29, 1.82) is 0 Å². The molecule has 1 heterocycles. The second kappa shape index (κ2) is 3.37. The summed E-state index contributed by atoms with van der Waals surface area (Å²) in [5, 5.41) is 20.1. The summed E-state index contributed by atoms with van der Waals surface area (Å²) in [4.78, 5) is 12.5. The Labute approximate surface area is 111 Å². The zero-order valence-corrected chi connectivity index (χ0v) is 11.0. The molecule has 0 radical (unpaired) electrons. The normalized spacial score (nSPS) is 53.3. The largest absolute Gasteiger partial charge is 0.393 e. The first kappa shape index (κ1) is 11.8. The van der Waals surface area contributed by atoms with Crippen LogP contribution in [-0.4, -0.2) is 40.4 Å². The molecule has 0 aromatic carbocycles. The van der Waals surface area contributed by atoms with E-state index in [4.69, 9.17) is 4.74 Å². The van der Waals surface area contributed by atoms with Gasteiger partial charge in [0.05, 0.1) is 12.7 Å². The van der Waals surface area contributed by atoms with Crippen molar-refractivity contribution in [2.75, 3.05) is 6.61 Å². The molecule has 2 saturated carbocycles. The van der Waals surface area contributed by atoms with Crippen LogP contribution in [0, 0.1) is 23.7 Å². The number of fused-ring (bicyclic) bond motifs is 6. The first-order valence-corrected chi connectivity index (χ1v) is 6.89. The van der Waals surface area contributed by atoms with Crippen LogP contribution < -0.4 is 0 Å². The molecule has 2 N–H and O–H groups in total. The van der Waals surface area contributed by atoms with E-state index in [2.05, 4.69) is 26.0 Å². The predicted octanol–water partition coefficient (Wildman–Crippen LogP) is 0.445. The van der Waals surface area contributed by atoms with Gasteiger partial charge in [0, 0.05) is 23.7 Å². The summed E-state index contributed by atoms with van der Waals surface area (Å²) in [6, 6.07) is 0. The molecule has 0 aromatic rings. The van der Waals surface area contributed by atoms with Crippen molar-refractivity contribution >= 4 is 5.78 Å². The van der Waals surface area contributed by atoms with E-state index in [0.717, 1.165) is 0 Å². The van der Waals surface area contributed by atoms with Gasteiger partial charge in [-0.2, -0.15) is 0 Å². The van der Waals surface area contributed by atoms with Crippen molar-refractivity contribution in [2.24, 2.45) is 23.7 Å². The van der Waals surface area contributed by atoms with E-state index in [-0.39, 0.29) is 36.1 Å². The number of carbonyl (C=O) groups is 1. The quantitative estimate of drug-likeness (QED) is 0.531. The van der Waals surface area contributed by atoms with Crippen molar-refractivity contribution in [2.45, 2.75) is 31.7 Å². The number of ether oxygens (including phenoxy) is 1. The zero-order valence-electron chi connectivity index (χ0n) is 11.0. The summed E-state index contributed by atoms with van der Waals surface area (Å²) < 4.78 is 5.40. The SMILES string of the molecule is CC(C)=C1[C@H]2C=C[C@@H]1[C@@H]1[C@@H]2C(=O)[C@H]2O[C@]2(CO)[C@H]1O. The van der Waals surface area contributed by atoms with Crippen LogP contribution in [0.5, 0.6) is 0 Å². The highest BCUT2D eigenvalue weighted by molar-refractivity contribution is 5.93. The topological polar surface area (TPSA) is 70.1 Å². The molecule has 102 valence electrons. The summed E-state index contributed by atoms with van der Waals surface area (Å²) in [6.07, 6.45) is 2.87. The van der Waals surface area contributed by atoms with E-state index in [1.807, 2.05) is 0 Å². The second-order valence-corrected chi connectivity index (χ2v) is 6.45. The molecule has 7 atom stereocenters. The van der Waals surface area contributed by atoms with Crippen LogP contribution in [0.1, 0.15) is 13.8 Å². The molecule has 3 aliphatic carbocycles. The average Bonchev–Trinajstić information content (AvgIpc) is 2.88. The van der Waals surface area contributed by atoms with Gasteiger partial charge < -0.3 is 14.9 Å². The fraction of sp³-hybridized carbons (Fsp3) is 0.667. The Morgan fingerprint density at radius 2 is 2.05 bits per heavy atom. The molecule has 4 aliphatic rings. The van der Waals surface area contributed by atoms with Crippen molar-refractivity contribution in [1.82, 2.24) is 0 Å². The minimum atomic E-state index is -1.01. The predicted molar refractivity (Wildman–Crippen MR) is 67.2 cm³/mol. The third-order valence-electron chi connectivity index (χ3n) is 5.46. The van der Waals surface area contributed by atoms with Gasteiger partial charge in [-0.25, -0.2) is 0 Å². The number of Topliss-reactive ketones (excluding diaryl/α,β-unsaturated/α-hetero) is 1. The van der Waals surface area contributed by atoms with Gasteiger partial charge in [-0.15, -0.1) is 0 Å². The number of aliphatic hydroxyl groups excluding tert-OH is 2. The molecule has 4 rings (SSSR count). The Kier molecular flexibility index (Phi) is 2.10. The van der Waals surface area contributed by atoms with Crippen LogP contribution in [0.15, 0.2) is 23.3 Å². The molecule has 3 fully saturated rings. The van der Waals surface area contributed by atoms with Crippen LogP contribution in [0.2, 0.25) is 0 Å². The van der Waals surface area contributed by atoms with Gasteiger partial charge in [-0.3, -0.25) is 4.79 Å². The third kappa shape index (κ3) is 1.14. The molecule has 0 unspecified atom stereocenters. The summed E-state index contributed by atoms with van der Waals surface area (Å²) in [6.45, 7) is 3.85. The number of rotatable bonds is 1. The van der Waals surface area contributed by atoms with E-state index >= 15 is 0 Å². The molecule has 0 aromatic heterocycles. The highest BCUT2D eigenvalue weighted by atomic mass is 16.6. The number of allylic oxidation sites excluding steroid dienone is 4. The Hall–Kier alpha value is -0.970. The Balaban J connectivity index is 1.82. The number of hydrogen-bond acceptors (Lipinski definition) is 4. The summed E-state index contributed by atoms with van der Waals surface area (Å²) in [5.41, 5.74) is 1.52. The maximum absolute atomic E-state index is 12.5. The minimum Gasteiger partial charge on any atom is -0.393 e. The first-order chi connectivity index (χ1) is 9.03. The Morgan fingerprint density at radius 3 is 2.68 bits per heavy atom. The van der Waals surface area contributed by atoms with Crippen molar-refractivity contribution in [3.05, 3.63) is 23.3 Å². The smallest absolute Gasteiger partial charge is 0.169 e. The number of ketones is 1. The molecule has 0 spiro atoms. The minimum absolute atomic E-state index is 0.0694. The van der Waals surface area contributed by atoms with Gasteiger partial charge in [-0.1, -0.05) is 23.3 Å². The number of epoxide rings is 1. The Morgan fingerprint density at radius 1 is 1.37 bits per heavy atom. The molecule has 2 bridgehead atoms. The average molecular weight is 262 g/mol. The van der Waals surface area contributed by atoms with Crippen molar-refractivity contribution in [3.8, 4) is 0 Å². The molecule has 19 heavy (non-hydrogen) atoms. The lowest BCUT2D eigenvalue weighted by Crippen LogP contribution is -2.53. The van der Waals surface area contributed by atoms with Crippen LogP contribution in [0.3, 0.4) is 0 Å². The van der Waals surface area contributed by atoms with E-state index in [1.165, 1.54) is 11.1 Å². The highest BCUT2D eigenvalue weighted by Crippen LogP contribution is 2.62. The van der Waals surface area contributed by atoms with Gasteiger partial charge in [0.15, 0.2) is 17.5 Å². The molecule has 4 heteroatoms. The van der Waals surface area contributed by atoms with E-state index in [9.17, 15) is 15.0 Å². The van der Waals surface area contributed by atoms with Gasteiger partial charge in [0.2, 0.25) is 0 Å². The number of aliphatic hydroxyl groups is 2. The highest BCUT2D eigenvalue weighted by Gasteiger charge is 2.75. The summed E-state index contributed by atoms with van der Waals surface area (Å²) in [7, 11) is 0. The van der Waals surface area contributed by atoms with Gasteiger partial charge in [-0.05, 0) is 13.8 Å². The van der Waals surface area contributed by atoms with Crippen LogP contribution in [-0.2, 0) is 9.53 Å². The summed E-state index contributed by atoms with van der Waals surface area (Å²) in [5.74, 6) is 0.0379. The maximum atomic E-state index is 12.5. The maximum Gasteiger partial charge on any atom is 0.169 e. The summed E-state index contributed by atoms with van der Waals surface area (Å²) >= 11 is 0. The van der Waals surface area contributed by atoms with Crippen molar-refractivity contribution in [3.63, 3.8) is 0 Å². The lowest BCUT2D eigenvalue weighted by molar-refractivity contribution is -0.131. The van der Waals surface area contributed by atoms with Gasteiger partial charge >= 0.3 is 0 Å². The van der Waals surface area contributed by atoms with Crippen LogP contribution >= 0.6 is 0 Å². The van der Waals surface area contributed by atoms with Crippen molar-refractivity contribution < 1.29 is 19.7 Å². The van der Waals surface area contributed by atoms with Crippen LogP contribution in [0.4, 0.5) is 0 Å². The van der Waals surface area contributed by atoms with E-state index in [0.29, 0.717) is 0 Å². The fourth-order valence-electron chi connectivity index (χ4n) is 4.63. The van der Waals surface area contributed by atoms with E-state index < -0.39 is 17.8 Å². The number of carbonyl (C=O) groups excluding carboxylic acids is 1. The van der Waals surface area contributed by atoms with Crippen LogP contribution in [0.25, 0.3) is 0 Å². The first-order valence-electron chi connectivity index (χ1n) is 6.89. The lowest BCUT2D eigenvalue weighted by atomic mass is 9.67. The number of hydrogen-bond donors (Lipinski definition) is 2. The zero-order chi connectivity index (χ0) is 13.5. The molecule has 1 aliphatic heterocycles. The van der Waals surface area contributed by atoms with Gasteiger partial charge in [0.1, 0.15) is 0 Å². The monoisotopic (exact) mass is 262 g/mol. The van der Waals surface area contributed by atoms with Gasteiger partial charge in [0.25, 0.3) is 0 Å². The molecular formula is C15H18O4. The lowest BCUT2D eigenvalue weighted by Gasteiger charge is -2.36. The third-order valence-corrected chi connectivity index (χ3v) is 5.46. The molecule has 4 nitrogen and oxygen atoms in total. The molecule has 0 amide bonds. The fourth-order valence-corrected chi connectivity index (χ4v) is 4.63. The Bertz CT molecular complexity index is 530. The molecule has 1 saturated heterocycles. The van der Waals surface area contributed by atoms with E-state index in [1.54, 1.807) is 0 Å². The standard InChI is InChI=1S/C15H18O4/c1-6(2)9-7-3-4-8(9)11-10(7)12(17)14-15(5-16,19-14)13(11)18/h3-4,7-8,10-11,13-14,16,18H,5H2,1-2H3/t7-,8+,10-,11-,13+,14-,15-/m1/s1. The second-order valence-electron chi connectivity index (χ2n) is 6.45.